The predicted octanol–water partition coefficient (Wildman–Crippen LogP) is 2.72. The van der Waals surface area contributed by atoms with Gasteiger partial charge in [-0.2, -0.15) is 0 Å². The first kappa shape index (κ1) is 17.5. The summed E-state index contributed by atoms with van der Waals surface area (Å²) in [6.07, 6.45) is 1.31. The van der Waals surface area contributed by atoms with E-state index in [1.807, 2.05) is 24.3 Å². The molecule has 1 aromatic carbocycles. The maximum absolute atomic E-state index is 12.4. The van der Waals surface area contributed by atoms with E-state index in [9.17, 15) is 4.79 Å². The third kappa shape index (κ3) is 4.08. The van der Waals surface area contributed by atoms with Crippen LogP contribution >= 0.6 is 11.8 Å². The highest BCUT2D eigenvalue weighted by Gasteiger charge is 2.24. The summed E-state index contributed by atoms with van der Waals surface area (Å²) in [5.74, 6) is 2.31. The van der Waals surface area contributed by atoms with E-state index in [-0.39, 0.29) is 23.7 Å². The van der Waals surface area contributed by atoms with Crippen LogP contribution in [0.25, 0.3) is 11.7 Å². The molecule has 0 unspecified atom stereocenters. The standard InChI is InChI=1S/C18H17N3O5S/c1-21(9-12-10-24-13-5-2-3-6-14(13)25-12)16(22)11-27-18-20-19-17(26-18)15-7-4-8-23-15/h2-8,12H,9-11H2,1H3/t12-/m1/s1. The highest BCUT2D eigenvalue weighted by molar-refractivity contribution is 7.99. The van der Waals surface area contributed by atoms with Gasteiger partial charge in [0.15, 0.2) is 23.4 Å². The molecule has 3 heterocycles. The number of carbonyl (C=O) groups excluding carboxylic acids is 1. The molecule has 0 saturated carbocycles. The molecule has 140 valence electrons. The van der Waals surface area contributed by atoms with E-state index in [0.717, 1.165) is 5.75 Å². The average Bonchev–Trinajstić information content (AvgIpc) is 3.37. The van der Waals surface area contributed by atoms with Crippen molar-refractivity contribution in [2.75, 3.05) is 26.0 Å². The van der Waals surface area contributed by atoms with E-state index in [1.54, 1.807) is 24.1 Å². The molecule has 27 heavy (non-hydrogen) atoms. The van der Waals surface area contributed by atoms with Crippen molar-refractivity contribution in [1.82, 2.24) is 15.1 Å². The Morgan fingerprint density at radius 3 is 2.89 bits per heavy atom. The van der Waals surface area contributed by atoms with Gasteiger partial charge in [0.2, 0.25) is 5.91 Å². The van der Waals surface area contributed by atoms with Crippen molar-refractivity contribution in [2.24, 2.45) is 0 Å². The molecule has 1 atom stereocenters. The Balaban J connectivity index is 1.27. The number of rotatable bonds is 6. The lowest BCUT2D eigenvalue weighted by atomic mass is 10.2. The van der Waals surface area contributed by atoms with Crippen LogP contribution in [0.2, 0.25) is 0 Å². The minimum absolute atomic E-state index is 0.0693. The van der Waals surface area contributed by atoms with E-state index < -0.39 is 0 Å². The zero-order chi connectivity index (χ0) is 18.6. The third-order valence-corrected chi connectivity index (χ3v) is 4.73. The molecule has 0 spiro atoms. The molecule has 0 N–H and O–H groups in total. The SMILES string of the molecule is CN(C[C@@H]1COc2ccccc2O1)C(=O)CSc1nnc(-c2ccco2)o1. The first-order valence-corrected chi connectivity index (χ1v) is 9.30. The van der Waals surface area contributed by atoms with Crippen molar-refractivity contribution in [3.05, 3.63) is 42.7 Å². The first-order chi connectivity index (χ1) is 13.2. The molecule has 1 amide bonds. The second-order valence-electron chi connectivity index (χ2n) is 5.91. The number of para-hydroxylation sites is 2. The molecule has 1 aliphatic heterocycles. The molecule has 0 aliphatic carbocycles. The minimum Gasteiger partial charge on any atom is -0.486 e. The van der Waals surface area contributed by atoms with Gasteiger partial charge in [-0.1, -0.05) is 23.9 Å². The fourth-order valence-electron chi connectivity index (χ4n) is 2.56. The maximum Gasteiger partial charge on any atom is 0.284 e. The molecular weight excluding hydrogens is 370 g/mol. The highest BCUT2D eigenvalue weighted by atomic mass is 32.2. The number of hydrogen-bond donors (Lipinski definition) is 0. The molecule has 0 radical (unpaired) electrons. The van der Waals surface area contributed by atoms with Crippen LogP contribution in [0.3, 0.4) is 0 Å². The van der Waals surface area contributed by atoms with Crippen LogP contribution in [0.5, 0.6) is 11.5 Å². The number of amides is 1. The van der Waals surface area contributed by atoms with Gasteiger partial charge in [0.05, 0.1) is 18.6 Å². The van der Waals surface area contributed by atoms with Gasteiger partial charge < -0.3 is 23.2 Å². The quantitative estimate of drug-likeness (QED) is 0.596. The zero-order valence-electron chi connectivity index (χ0n) is 14.5. The molecule has 8 nitrogen and oxygen atoms in total. The van der Waals surface area contributed by atoms with Gasteiger partial charge in [0.25, 0.3) is 11.1 Å². The second-order valence-corrected chi connectivity index (χ2v) is 6.84. The highest BCUT2D eigenvalue weighted by Crippen LogP contribution is 2.31. The van der Waals surface area contributed by atoms with Gasteiger partial charge in [-0.05, 0) is 24.3 Å². The van der Waals surface area contributed by atoms with Gasteiger partial charge in [0, 0.05) is 7.05 Å². The van der Waals surface area contributed by atoms with Gasteiger partial charge in [-0.25, -0.2) is 0 Å². The molecule has 3 aromatic rings. The molecule has 0 bridgehead atoms. The number of hydrogen-bond acceptors (Lipinski definition) is 8. The van der Waals surface area contributed by atoms with Crippen LogP contribution in [-0.4, -0.2) is 53.1 Å². The fourth-order valence-corrected chi connectivity index (χ4v) is 3.27. The number of furan rings is 1. The van der Waals surface area contributed by atoms with Crippen molar-refractivity contribution < 1.29 is 23.1 Å². The average molecular weight is 387 g/mol. The monoisotopic (exact) mass is 387 g/mol. The number of benzene rings is 1. The fraction of sp³-hybridized carbons (Fsp3) is 0.278. The third-order valence-electron chi connectivity index (χ3n) is 3.93. The Labute approximate surface area is 159 Å². The first-order valence-electron chi connectivity index (χ1n) is 8.31. The van der Waals surface area contributed by atoms with E-state index in [2.05, 4.69) is 10.2 Å². The Kier molecular flexibility index (Phi) is 5.01. The van der Waals surface area contributed by atoms with Crippen LogP contribution in [-0.2, 0) is 4.79 Å². The van der Waals surface area contributed by atoms with Crippen LogP contribution in [0.15, 0.2) is 56.7 Å². The number of thioether (sulfide) groups is 1. The van der Waals surface area contributed by atoms with Gasteiger partial charge >= 0.3 is 0 Å². The van der Waals surface area contributed by atoms with E-state index >= 15 is 0 Å². The Morgan fingerprint density at radius 1 is 1.22 bits per heavy atom. The van der Waals surface area contributed by atoms with Crippen molar-refractivity contribution >= 4 is 17.7 Å². The maximum atomic E-state index is 12.4. The second kappa shape index (κ2) is 7.75. The van der Waals surface area contributed by atoms with Crippen molar-refractivity contribution in [3.8, 4) is 23.1 Å². The summed E-state index contributed by atoms with van der Waals surface area (Å²) in [5, 5.41) is 8.13. The molecule has 1 aliphatic rings. The topological polar surface area (TPSA) is 90.8 Å². The van der Waals surface area contributed by atoms with Gasteiger partial charge in [0.1, 0.15) is 6.61 Å². The van der Waals surface area contributed by atoms with Crippen LogP contribution in [0, 0.1) is 0 Å². The summed E-state index contributed by atoms with van der Waals surface area (Å²) in [6, 6.07) is 11.0. The van der Waals surface area contributed by atoms with Crippen molar-refractivity contribution in [1.29, 1.82) is 0 Å². The number of ether oxygens (including phenoxy) is 2. The summed E-state index contributed by atoms with van der Waals surface area (Å²) >= 11 is 1.18. The number of fused-ring (bicyclic) bond motifs is 1. The molecule has 0 fully saturated rings. The van der Waals surface area contributed by atoms with Gasteiger partial charge in [-0.15, -0.1) is 10.2 Å². The Hall–Kier alpha value is -2.94. The lowest BCUT2D eigenvalue weighted by Gasteiger charge is -2.29. The summed E-state index contributed by atoms with van der Waals surface area (Å²) in [4.78, 5) is 14.0. The number of nitrogens with zero attached hydrogens (tertiary/aromatic N) is 3. The summed E-state index contributed by atoms with van der Waals surface area (Å²) in [6.45, 7) is 0.827. The summed E-state index contributed by atoms with van der Waals surface area (Å²) in [7, 11) is 1.73. The van der Waals surface area contributed by atoms with E-state index in [4.69, 9.17) is 18.3 Å². The summed E-state index contributed by atoms with van der Waals surface area (Å²) < 4.78 is 22.2. The summed E-state index contributed by atoms with van der Waals surface area (Å²) in [5.41, 5.74) is 0. The molecule has 0 saturated heterocycles. The van der Waals surface area contributed by atoms with Crippen molar-refractivity contribution in [3.63, 3.8) is 0 Å². The Bertz CT molecular complexity index is 911. The number of aromatic nitrogens is 2. The zero-order valence-corrected chi connectivity index (χ0v) is 15.3. The van der Waals surface area contributed by atoms with Gasteiger partial charge in [-0.3, -0.25) is 4.79 Å². The molecule has 2 aromatic heterocycles. The lowest BCUT2D eigenvalue weighted by molar-refractivity contribution is -0.128. The molecule has 9 heteroatoms. The largest absolute Gasteiger partial charge is 0.486 e. The van der Waals surface area contributed by atoms with Crippen LogP contribution in [0.1, 0.15) is 0 Å². The van der Waals surface area contributed by atoms with Crippen LogP contribution < -0.4 is 9.47 Å². The smallest absolute Gasteiger partial charge is 0.284 e. The normalized spacial score (nSPS) is 15.5. The van der Waals surface area contributed by atoms with E-state index in [0.29, 0.717) is 29.9 Å². The van der Waals surface area contributed by atoms with Crippen molar-refractivity contribution in [2.45, 2.75) is 11.3 Å². The molecular formula is C18H17N3O5S. The lowest BCUT2D eigenvalue weighted by Crippen LogP contribution is -2.42. The Morgan fingerprint density at radius 2 is 2.07 bits per heavy atom. The number of likely N-dealkylation sites (N-methyl/N-ethyl adjacent to an activating group) is 1. The van der Waals surface area contributed by atoms with E-state index in [1.165, 1.54) is 18.0 Å². The molecule has 4 rings (SSSR count). The van der Waals surface area contributed by atoms with Crippen LogP contribution in [0.4, 0.5) is 0 Å². The predicted molar refractivity (Wildman–Crippen MR) is 96.7 cm³/mol. The number of carbonyl (C=O) groups is 1. The minimum atomic E-state index is -0.215.